The number of nitrogens with one attached hydrogen (secondary N) is 2. The van der Waals surface area contributed by atoms with E-state index >= 15 is 0 Å². The highest BCUT2D eigenvalue weighted by Crippen LogP contribution is 2.38. The summed E-state index contributed by atoms with van der Waals surface area (Å²) >= 11 is 3.34. The summed E-state index contributed by atoms with van der Waals surface area (Å²) in [6, 6.07) is 7.24. The minimum absolute atomic E-state index is 0.0143. The zero-order valence-electron chi connectivity index (χ0n) is 16.1. The number of halogens is 1. The Bertz CT molecular complexity index is 929. The number of carbonyl (C=O) groups is 3. The van der Waals surface area contributed by atoms with Crippen molar-refractivity contribution in [3.8, 4) is 0 Å². The summed E-state index contributed by atoms with van der Waals surface area (Å²) in [5, 5.41) is 5.47. The first-order valence-corrected chi connectivity index (χ1v) is 9.95. The van der Waals surface area contributed by atoms with Gasteiger partial charge >= 0.3 is 0 Å². The van der Waals surface area contributed by atoms with Gasteiger partial charge in [-0.25, -0.2) is 0 Å². The van der Waals surface area contributed by atoms with Crippen molar-refractivity contribution >= 4 is 39.2 Å². The van der Waals surface area contributed by atoms with Crippen molar-refractivity contribution in [3.05, 3.63) is 51.4 Å². The Morgan fingerprint density at radius 2 is 1.86 bits per heavy atom. The Morgan fingerprint density at radius 3 is 2.54 bits per heavy atom. The van der Waals surface area contributed by atoms with Gasteiger partial charge in [0.25, 0.3) is 5.91 Å². The summed E-state index contributed by atoms with van der Waals surface area (Å²) in [7, 11) is 0. The van der Waals surface area contributed by atoms with E-state index in [4.69, 9.17) is 4.42 Å². The topological polar surface area (TPSA) is 88.4 Å². The third-order valence-electron chi connectivity index (χ3n) is 4.75. The van der Waals surface area contributed by atoms with Gasteiger partial charge in [-0.05, 0) is 36.6 Å². The molecule has 0 atom stereocenters. The van der Waals surface area contributed by atoms with Gasteiger partial charge in [0.15, 0.2) is 11.5 Å². The molecular weight excluding hydrogens is 424 g/mol. The van der Waals surface area contributed by atoms with E-state index in [1.165, 1.54) is 0 Å². The predicted octanol–water partition coefficient (Wildman–Crippen LogP) is 4.26. The molecule has 148 valence electrons. The van der Waals surface area contributed by atoms with Crippen LogP contribution in [0.1, 0.15) is 58.9 Å². The molecule has 0 bridgehead atoms. The number of anilines is 1. The van der Waals surface area contributed by atoms with Crippen LogP contribution in [0.3, 0.4) is 0 Å². The Hall–Kier alpha value is -2.41. The molecule has 0 aliphatic heterocycles. The molecule has 1 aromatic heterocycles. The van der Waals surface area contributed by atoms with E-state index in [0.717, 1.165) is 4.47 Å². The fourth-order valence-corrected chi connectivity index (χ4v) is 3.69. The zero-order chi connectivity index (χ0) is 20.5. The molecule has 2 N–H and O–H groups in total. The normalized spacial score (nSPS) is 15.1. The maximum Gasteiger partial charge on any atom is 0.287 e. The number of hydrogen-bond acceptors (Lipinski definition) is 4. The van der Waals surface area contributed by atoms with Crippen LogP contribution < -0.4 is 10.6 Å². The lowest BCUT2D eigenvalue weighted by atomic mass is 9.76. The minimum atomic E-state index is -0.408. The maximum absolute atomic E-state index is 12.5. The second kappa shape index (κ2) is 7.91. The summed E-state index contributed by atoms with van der Waals surface area (Å²) in [6.45, 7) is 5.92. The molecule has 1 heterocycles. The van der Waals surface area contributed by atoms with E-state index in [1.54, 1.807) is 19.1 Å². The number of carbonyl (C=O) groups excluding carboxylic acids is 3. The SMILES string of the molecule is Cc1c(C(=O)NCCC(=O)Nc2ccc(Br)cc2)oc2c1C(=O)CC(C)(C)C2. The third-order valence-corrected chi connectivity index (χ3v) is 5.28. The molecule has 2 amide bonds. The van der Waals surface area contributed by atoms with Crippen molar-refractivity contribution in [2.75, 3.05) is 11.9 Å². The third kappa shape index (κ3) is 4.52. The number of ketones is 1. The fourth-order valence-electron chi connectivity index (χ4n) is 3.43. The minimum Gasteiger partial charge on any atom is -0.455 e. The molecule has 3 rings (SSSR count). The summed E-state index contributed by atoms with van der Waals surface area (Å²) in [6.07, 6.45) is 1.20. The number of fused-ring (bicyclic) bond motifs is 1. The Labute approximate surface area is 172 Å². The highest BCUT2D eigenvalue weighted by atomic mass is 79.9. The van der Waals surface area contributed by atoms with Crippen LogP contribution >= 0.6 is 15.9 Å². The van der Waals surface area contributed by atoms with Crippen LogP contribution in [0.15, 0.2) is 33.2 Å². The molecule has 0 saturated heterocycles. The first-order chi connectivity index (χ1) is 13.2. The van der Waals surface area contributed by atoms with Gasteiger partial charge in [-0.3, -0.25) is 14.4 Å². The van der Waals surface area contributed by atoms with E-state index < -0.39 is 5.91 Å². The number of furan rings is 1. The number of benzene rings is 1. The summed E-state index contributed by atoms with van der Waals surface area (Å²) in [4.78, 5) is 36.9. The van der Waals surface area contributed by atoms with E-state index in [1.807, 2.05) is 26.0 Å². The van der Waals surface area contributed by atoms with E-state index in [-0.39, 0.29) is 35.8 Å². The Kier molecular flexibility index (Phi) is 5.74. The number of Topliss-reactive ketones (excluding diaryl/α,β-unsaturated/α-hetero) is 1. The lowest BCUT2D eigenvalue weighted by Crippen LogP contribution is -2.28. The fraction of sp³-hybridized carbons (Fsp3) is 0.381. The number of hydrogen-bond donors (Lipinski definition) is 2. The van der Waals surface area contributed by atoms with Crippen LogP contribution in [0.2, 0.25) is 0 Å². The molecule has 7 heteroatoms. The van der Waals surface area contributed by atoms with E-state index in [0.29, 0.717) is 35.4 Å². The monoisotopic (exact) mass is 446 g/mol. The van der Waals surface area contributed by atoms with Crippen molar-refractivity contribution < 1.29 is 18.8 Å². The highest BCUT2D eigenvalue weighted by Gasteiger charge is 2.36. The van der Waals surface area contributed by atoms with Crippen molar-refractivity contribution in [3.63, 3.8) is 0 Å². The average Bonchev–Trinajstić information content (AvgIpc) is 2.92. The van der Waals surface area contributed by atoms with Crippen molar-refractivity contribution in [1.82, 2.24) is 5.32 Å². The van der Waals surface area contributed by atoms with E-state index in [2.05, 4.69) is 26.6 Å². The Balaban J connectivity index is 1.58. The van der Waals surface area contributed by atoms with Gasteiger partial charge in [-0.15, -0.1) is 0 Å². The predicted molar refractivity (Wildman–Crippen MR) is 110 cm³/mol. The molecule has 28 heavy (non-hydrogen) atoms. The van der Waals surface area contributed by atoms with Crippen LogP contribution in [0, 0.1) is 12.3 Å². The second-order valence-electron chi connectivity index (χ2n) is 7.86. The van der Waals surface area contributed by atoms with Gasteiger partial charge in [0.05, 0.1) is 5.56 Å². The molecule has 2 aromatic rings. The molecule has 0 unspecified atom stereocenters. The van der Waals surface area contributed by atoms with Gasteiger partial charge in [-0.2, -0.15) is 0 Å². The molecule has 0 fully saturated rings. The van der Waals surface area contributed by atoms with Gasteiger partial charge in [0.2, 0.25) is 5.91 Å². The quantitative estimate of drug-likeness (QED) is 0.717. The number of rotatable bonds is 5. The lowest BCUT2D eigenvalue weighted by Gasteiger charge is -2.27. The highest BCUT2D eigenvalue weighted by molar-refractivity contribution is 9.10. The van der Waals surface area contributed by atoms with Crippen LogP contribution in [0.25, 0.3) is 0 Å². The maximum atomic E-state index is 12.5. The van der Waals surface area contributed by atoms with E-state index in [9.17, 15) is 14.4 Å². The molecule has 0 spiro atoms. The largest absolute Gasteiger partial charge is 0.455 e. The van der Waals surface area contributed by atoms with Crippen molar-refractivity contribution in [1.29, 1.82) is 0 Å². The van der Waals surface area contributed by atoms with Gasteiger partial charge in [0.1, 0.15) is 5.76 Å². The summed E-state index contributed by atoms with van der Waals surface area (Å²) < 4.78 is 6.66. The van der Waals surface area contributed by atoms with Gasteiger partial charge in [0, 0.05) is 41.5 Å². The van der Waals surface area contributed by atoms with Gasteiger partial charge in [-0.1, -0.05) is 29.8 Å². The summed E-state index contributed by atoms with van der Waals surface area (Å²) in [5.74, 6) is 0.144. The molecule has 0 radical (unpaired) electrons. The first kappa shape index (κ1) is 20.3. The molecule has 0 saturated carbocycles. The molecule has 1 aliphatic rings. The Morgan fingerprint density at radius 1 is 1.18 bits per heavy atom. The molecule has 1 aromatic carbocycles. The zero-order valence-corrected chi connectivity index (χ0v) is 17.7. The second-order valence-corrected chi connectivity index (χ2v) is 8.77. The van der Waals surface area contributed by atoms with Gasteiger partial charge < -0.3 is 15.1 Å². The number of amides is 2. The van der Waals surface area contributed by atoms with Crippen LogP contribution in [-0.4, -0.2) is 24.1 Å². The lowest BCUT2D eigenvalue weighted by molar-refractivity contribution is -0.116. The average molecular weight is 447 g/mol. The van der Waals surface area contributed by atoms with Crippen LogP contribution in [-0.2, 0) is 11.2 Å². The first-order valence-electron chi connectivity index (χ1n) is 9.15. The van der Waals surface area contributed by atoms with Crippen molar-refractivity contribution in [2.24, 2.45) is 5.41 Å². The smallest absolute Gasteiger partial charge is 0.287 e. The van der Waals surface area contributed by atoms with Crippen molar-refractivity contribution in [2.45, 2.75) is 40.0 Å². The molecular formula is C21H23BrN2O4. The van der Waals surface area contributed by atoms with Crippen LogP contribution in [0.5, 0.6) is 0 Å². The standard InChI is InChI=1S/C21H23BrN2O4/c1-12-18-15(25)10-21(2,3)11-16(18)28-19(12)20(27)23-9-8-17(26)24-14-6-4-13(22)5-7-14/h4-7H,8-11H2,1-3H3,(H,23,27)(H,24,26). The molecule has 1 aliphatic carbocycles. The van der Waals surface area contributed by atoms with Crippen LogP contribution in [0.4, 0.5) is 5.69 Å². The molecule has 6 nitrogen and oxygen atoms in total. The summed E-state index contributed by atoms with van der Waals surface area (Å²) in [5.41, 5.74) is 1.63.